The number of ether oxygens (including phenoxy) is 4. The topological polar surface area (TPSA) is 44.7 Å². The monoisotopic (exact) mass is 456 g/mol. The van der Waals surface area contributed by atoms with E-state index >= 15 is 0 Å². The summed E-state index contributed by atoms with van der Waals surface area (Å²) in [6.45, 7) is 4.02. The summed E-state index contributed by atoms with van der Waals surface area (Å²) in [6.07, 6.45) is 3.58. The van der Waals surface area contributed by atoms with Crippen molar-refractivity contribution < 1.29 is 28.1 Å². The van der Waals surface area contributed by atoms with E-state index in [0.29, 0.717) is 26.4 Å². The highest BCUT2D eigenvalue weighted by Crippen LogP contribution is 2.25. The molecule has 2 aliphatic rings. The van der Waals surface area contributed by atoms with Gasteiger partial charge in [0.25, 0.3) is 0 Å². The molecule has 0 atom stereocenters. The molecule has 0 bridgehead atoms. The molecule has 0 aliphatic carbocycles. The number of aromatic nitrogens is 2. The average molecular weight is 457 g/mol. The first-order chi connectivity index (χ1) is 16.9. The van der Waals surface area contributed by atoms with Gasteiger partial charge in [-0.2, -0.15) is 9.13 Å². The van der Waals surface area contributed by atoms with Gasteiger partial charge in [0.2, 0.25) is 24.0 Å². The number of nitrogens with zero attached hydrogens (tertiary/aromatic N) is 2. The molecule has 4 aromatic rings. The largest absolute Gasteiger partial charge is 0.341 e. The van der Waals surface area contributed by atoms with Crippen LogP contribution in [0.4, 0.5) is 0 Å². The van der Waals surface area contributed by atoms with E-state index in [2.05, 4.69) is 82.2 Å². The first-order valence-electron chi connectivity index (χ1n) is 11.8. The summed E-state index contributed by atoms with van der Waals surface area (Å²) in [7, 11) is 0. The van der Waals surface area contributed by atoms with Crippen LogP contribution in [0.3, 0.4) is 0 Å². The molecular formula is C28H28N2O4+2. The molecule has 0 saturated carbocycles. The lowest BCUT2D eigenvalue weighted by atomic mass is 9.99. The molecule has 2 saturated heterocycles. The highest BCUT2D eigenvalue weighted by molar-refractivity contribution is 5.88. The van der Waals surface area contributed by atoms with Gasteiger partial charge in [-0.15, -0.1) is 0 Å². The number of hydrogen-bond acceptors (Lipinski definition) is 4. The number of benzene rings is 2. The second-order valence-electron chi connectivity index (χ2n) is 8.58. The van der Waals surface area contributed by atoms with Gasteiger partial charge in [0.1, 0.15) is 0 Å². The van der Waals surface area contributed by atoms with Crippen molar-refractivity contribution in [3.8, 4) is 0 Å². The quantitative estimate of drug-likeness (QED) is 0.416. The Balaban J connectivity index is 1.34. The number of pyridine rings is 2. The van der Waals surface area contributed by atoms with Crippen molar-refractivity contribution in [2.75, 3.05) is 26.4 Å². The normalized spacial score (nSPS) is 17.1. The third-order valence-electron chi connectivity index (χ3n) is 6.46. The van der Waals surface area contributed by atoms with E-state index in [1.165, 1.54) is 21.9 Å². The fourth-order valence-corrected chi connectivity index (χ4v) is 4.84. The maximum Gasteiger partial charge on any atom is 0.245 e. The highest BCUT2D eigenvalue weighted by atomic mass is 16.7. The molecule has 2 aromatic carbocycles. The summed E-state index contributed by atoms with van der Waals surface area (Å²) in [6, 6.07) is 25.4. The first kappa shape index (κ1) is 21.4. The van der Waals surface area contributed by atoms with Gasteiger partial charge in [0.15, 0.2) is 25.5 Å². The highest BCUT2D eigenvalue weighted by Gasteiger charge is 2.29. The number of rotatable bonds is 6. The summed E-state index contributed by atoms with van der Waals surface area (Å²) >= 11 is 0. The molecule has 2 fully saturated rings. The lowest BCUT2D eigenvalue weighted by molar-refractivity contribution is -0.702. The molecule has 0 N–H and O–H groups in total. The zero-order chi connectivity index (χ0) is 22.7. The van der Waals surface area contributed by atoms with Crippen LogP contribution in [-0.4, -0.2) is 26.4 Å². The fourth-order valence-electron chi connectivity index (χ4n) is 4.84. The second kappa shape index (κ2) is 9.60. The van der Waals surface area contributed by atoms with E-state index in [0.717, 1.165) is 24.5 Å². The number of fused-ring (bicyclic) bond motifs is 1. The summed E-state index contributed by atoms with van der Waals surface area (Å²) in [5.74, 6) is 0. The van der Waals surface area contributed by atoms with Crippen LogP contribution in [0.15, 0.2) is 85.2 Å². The molecule has 6 rings (SSSR count). The van der Waals surface area contributed by atoms with Crippen molar-refractivity contribution >= 4 is 10.8 Å². The van der Waals surface area contributed by atoms with Crippen molar-refractivity contribution in [3.63, 3.8) is 0 Å². The molecular weight excluding hydrogens is 428 g/mol. The number of hydrogen-bond donors (Lipinski definition) is 0. The second-order valence-corrected chi connectivity index (χ2v) is 8.58. The zero-order valence-electron chi connectivity index (χ0n) is 19.0. The molecule has 0 spiro atoms. The van der Waals surface area contributed by atoms with Gasteiger partial charge in [0, 0.05) is 35.4 Å². The average Bonchev–Trinajstić information content (AvgIpc) is 3.60. The third-order valence-corrected chi connectivity index (χ3v) is 6.46. The molecule has 6 nitrogen and oxygen atoms in total. The predicted octanol–water partition coefficient (Wildman–Crippen LogP) is 3.60. The van der Waals surface area contributed by atoms with Crippen molar-refractivity contribution in [3.05, 3.63) is 108 Å². The van der Waals surface area contributed by atoms with Gasteiger partial charge in [-0.25, -0.2) is 0 Å². The predicted molar refractivity (Wildman–Crippen MR) is 125 cm³/mol. The third kappa shape index (κ3) is 4.21. The van der Waals surface area contributed by atoms with Gasteiger partial charge < -0.3 is 18.9 Å². The molecule has 6 heteroatoms. The van der Waals surface area contributed by atoms with Crippen LogP contribution in [0.2, 0.25) is 0 Å². The van der Waals surface area contributed by atoms with Gasteiger partial charge in [-0.1, -0.05) is 36.4 Å². The molecule has 4 heterocycles. The smallest absolute Gasteiger partial charge is 0.245 e. The molecule has 2 aromatic heterocycles. The van der Waals surface area contributed by atoms with Gasteiger partial charge in [-0.05, 0) is 22.9 Å². The minimum absolute atomic E-state index is 0.306. The van der Waals surface area contributed by atoms with Crippen molar-refractivity contribution in [2.24, 2.45) is 0 Å². The minimum Gasteiger partial charge on any atom is -0.341 e. The lowest BCUT2D eigenvalue weighted by Crippen LogP contribution is -2.40. The summed E-state index contributed by atoms with van der Waals surface area (Å²) in [5, 5.41) is 2.50. The Hall–Kier alpha value is -3.16. The van der Waals surface area contributed by atoms with E-state index in [9.17, 15) is 0 Å². The Kier molecular flexibility index (Phi) is 6.04. The molecule has 34 heavy (non-hydrogen) atoms. The van der Waals surface area contributed by atoms with Gasteiger partial charge in [0.05, 0.1) is 26.4 Å². The van der Waals surface area contributed by atoms with Crippen LogP contribution in [-0.2, 0) is 32.0 Å². The zero-order valence-corrected chi connectivity index (χ0v) is 19.0. The van der Waals surface area contributed by atoms with Crippen molar-refractivity contribution in [1.82, 2.24) is 0 Å². The SMILES string of the molecule is c1cc[n+](Cc2cccc3c(C[n+]4ccccc4C4OCCO4)cccc23)c(C2OCCO2)c1. The van der Waals surface area contributed by atoms with Crippen LogP contribution in [0, 0.1) is 0 Å². The fraction of sp³-hybridized carbons (Fsp3) is 0.286. The summed E-state index contributed by atoms with van der Waals surface area (Å²) in [5.41, 5.74) is 4.59. The van der Waals surface area contributed by atoms with Crippen LogP contribution < -0.4 is 9.13 Å². The van der Waals surface area contributed by atoms with Crippen molar-refractivity contribution in [1.29, 1.82) is 0 Å². The molecule has 2 aliphatic heterocycles. The molecule has 0 amide bonds. The molecule has 0 radical (unpaired) electrons. The van der Waals surface area contributed by atoms with E-state index < -0.39 is 0 Å². The van der Waals surface area contributed by atoms with Crippen LogP contribution in [0.1, 0.15) is 35.1 Å². The van der Waals surface area contributed by atoms with Gasteiger partial charge >= 0.3 is 0 Å². The van der Waals surface area contributed by atoms with E-state index in [-0.39, 0.29) is 12.6 Å². The van der Waals surface area contributed by atoms with Crippen LogP contribution in [0.5, 0.6) is 0 Å². The first-order valence-corrected chi connectivity index (χ1v) is 11.8. The Labute approximate surface area is 198 Å². The lowest BCUT2D eigenvalue weighted by Gasteiger charge is -2.12. The molecule has 172 valence electrons. The Bertz CT molecular complexity index is 1200. The van der Waals surface area contributed by atoms with Crippen LogP contribution >= 0.6 is 0 Å². The summed E-state index contributed by atoms with van der Waals surface area (Å²) in [4.78, 5) is 0. The van der Waals surface area contributed by atoms with E-state index in [1.807, 2.05) is 12.1 Å². The van der Waals surface area contributed by atoms with E-state index in [4.69, 9.17) is 18.9 Å². The van der Waals surface area contributed by atoms with Crippen molar-refractivity contribution in [2.45, 2.75) is 25.7 Å². The standard InChI is InChI=1S/C28H28N2O4/c1-3-13-29(25(11-1)27-31-15-16-32-27)19-21-7-5-10-24-22(8-6-9-23(21)24)20-30-14-4-2-12-26(30)28-33-17-18-34-28/h1-14,27-28H,15-20H2/q+2. The maximum atomic E-state index is 5.78. The van der Waals surface area contributed by atoms with E-state index in [1.54, 1.807) is 0 Å². The summed E-state index contributed by atoms with van der Waals surface area (Å²) < 4.78 is 27.5. The Morgan fingerprint density at radius 2 is 0.971 bits per heavy atom. The maximum absolute atomic E-state index is 5.78. The molecule has 0 unspecified atom stereocenters. The Morgan fingerprint density at radius 1 is 0.529 bits per heavy atom. The Morgan fingerprint density at radius 3 is 1.41 bits per heavy atom. The van der Waals surface area contributed by atoms with Gasteiger partial charge in [-0.3, -0.25) is 0 Å². The minimum atomic E-state index is -0.306. The van der Waals surface area contributed by atoms with Crippen LogP contribution in [0.25, 0.3) is 10.8 Å².